The third kappa shape index (κ3) is 5.49. The fraction of sp³-hybridized carbons (Fsp3) is 0.300. The molecule has 32 heavy (non-hydrogen) atoms. The Kier molecular flexibility index (Phi) is 6.63. The molecule has 1 aromatic carbocycles. The number of benzene rings is 1. The van der Waals surface area contributed by atoms with Crippen molar-refractivity contribution < 1.29 is 32.3 Å². The second-order valence-corrected chi connectivity index (χ2v) is 8.15. The molecule has 2 N–H and O–H groups in total. The molecule has 2 heterocycles. The summed E-state index contributed by atoms with van der Waals surface area (Å²) in [5, 5.41) is 5.09. The number of alkyl halides is 3. The molecule has 1 aromatic heterocycles. The molecule has 8 nitrogen and oxygen atoms in total. The van der Waals surface area contributed by atoms with E-state index >= 15 is 0 Å². The first kappa shape index (κ1) is 23.4. The summed E-state index contributed by atoms with van der Waals surface area (Å²) in [6, 6.07) is 7.45. The third-order valence-corrected chi connectivity index (χ3v) is 5.22. The first-order valence-corrected chi connectivity index (χ1v) is 10.2. The van der Waals surface area contributed by atoms with E-state index in [4.69, 9.17) is 4.74 Å². The number of hydrogen-bond donors (Lipinski definition) is 2. The number of aromatic nitrogens is 1. The number of thioether (sulfide) groups is 1. The molecule has 1 fully saturated rings. The van der Waals surface area contributed by atoms with Crippen LogP contribution in [0, 0.1) is 0 Å². The van der Waals surface area contributed by atoms with Gasteiger partial charge in [-0.15, -0.1) is 0 Å². The first-order chi connectivity index (χ1) is 15.0. The monoisotopic (exact) mass is 468 g/mol. The van der Waals surface area contributed by atoms with Crippen LogP contribution in [0.2, 0.25) is 0 Å². The number of carbonyl (C=O) groups excluding carboxylic acids is 3. The van der Waals surface area contributed by atoms with Crippen molar-refractivity contribution in [1.29, 1.82) is 0 Å². The topological polar surface area (TPSA) is 101 Å². The van der Waals surface area contributed by atoms with Crippen molar-refractivity contribution in [3.05, 3.63) is 48.2 Å². The maximum atomic E-state index is 13.1. The maximum Gasteiger partial charge on any atom is 0.446 e. The minimum absolute atomic E-state index is 0.0607. The molecule has 12 heteroatoms. The highest BCUT2D eigenvalue weighted by Gasteiger charge is 2.48. The molecule has 0 saturated carbocycles. The molecular weight excluding hydrogens is 449 g/mol. The Labute approximate surface area is 185 Å². The van der Waals surface area contributed by atoms with Gasteiger partial charge in [0.25, 0.3) is 5.91 Å². The Morgan fingerprint density at radius 3 is 2.56 bits per heavy atom. The van der Waals surface area contributed by atoms with Crippen LogP contribution in [0.5, 0.6) is 0 Å². The summed E-state index contributed by atoms with van der Waals surface area (Å²) in [7, 11) is 0. The normalized spacial score (nSPS) is 18.5. The number of ether oxygens (including phenoxy) is 1. The van der Waals surface area contributed by atoms with Gasteiger partial charge in [-0.05, 0) is 67.6 Å². The summed E-state index contributed by atoms with van der Waals surface area (Å²) in [5.41, 5.74) is -4.98. The Hall–Kier alpha value is -3.28. The van der Waals surface area contributed by atoms with Crippen molar-refractivity contribution >= 4 is 41.3 Å². The molecule has 3 rings (SSSR count). The van der Waals surface area contributed by atoms with E-state index < -0.39 is 29.1 Å². The van der Waals surface area contributed by atoms with Gasteiger partial charge in [-0.3, -0.25) is 10.1 Å². The summed E-state index contributed by atoms with van der Waals surface area (Å²) in [5.74, 6) is -0.341. The predicted molar refractivity (Wildman–Crippen MR) is 111 cm³/mol. The lowest BCUT2D eigenvalue weighted by Crippen LogP contribution is -2.46. The number of halogens is 3. The van der Waals surface area contributed by atoms with Crippen LogP contribution in [0.15, 0.2) is 47.5 Å². The number of pyridine rings is 1. The third-order valence-electron chi connectivity index (χ3n) is 4.48. The molecule has 170 valence electrons. The lowest BCUT2D eigenvalue weighted by atomic mass is 9.93. The van der Waals surface area contributed by atoms with E-state index in [1.165, 1.54) is 30.5 Å². The Balaban J connectivity index is 1.75. The molecule has 4 amide bonds. The number of imide groups is 1. The standard InChI is InChI=1S/C20H19F3N4O4S/c1-3-31-18(30)25-15-10-12(8-9-24-15)11-19(2)16(28)27(17(29)26-19)13-4-6-14(7-5-13)32-20(21,22)23/h4-10H,3,11H2,1-2H3,(H,26,29)(H,24,25,30). The molecule has 1 unspecified atom stereocenters. The number of carbonyl (C=O) groups is 3. The summed E-state index contributed by atoms with van der Waals surface area (Å²) < 4.78 is 42.3. The molecule has 0 aliphatic carbocycles. The van der Waals surface area contributed by atoms with Gasteiger partial charge in [-0.2, -0.15) is 13.2 Å². The van der Waals surface area contributed by atoms with Gasteiger partial charge in [-0.25, -0.2) is 19.5 Å². The summed E-state index contributed by atoms with van der Waals surface area (Å²) in [6.07, 6.45) is 0.860. The number of nitrogens with one attached hydrogen (secondary N) is 2. The van der Waals surface area contributed by atoms with Crippen molar-refractivity contribution in [2.75, 3.05) is 16.8 Å². The van der Waals surface area contributed by atoms with E-state index in [9.17, 15) is 27.6 Å². The fourth-order valence-electron chi connectivity index (χ4n) is 3.17. The average molecular weight is 468 g/mol. The highest BCUT2D eigenvalue weighted by Crippen LogP contribution is 2.38. The molecule has 0 bridgehead atoms. The van der Waals surface area contributed by atoms with Gasteiger partial charge in [0.05, 0.1) is 12.3 Å². The maximum absolute atomic E-state index is 13.1. The van der Waals surface area contributed by atoms with E-state index in [0.29, 0.717) is 5.56 Å². The SMILES string of the molecule is CCOC(=O)Nc1cc(CC2(C)NC(=O)N(c3ccc(SC(F)(F)F)cc3)C2=O)ccn1. The number of anilines is 2. The van der Waals surface area contributed by atoms with Crippen LogP contribution >= 0.6 is 11.8 Å². The Bertz CT molecular complexity index is 1030. The van der Waals surface area contributed by atoms with Crippen molar-refractivity contribution in [2.45, 2.75) is 36.2 Å². The van der Waals surface area contributed by atoms with Gasteiger partial charge in [0.15, 0.2) is 0 Å². The van der Waals surface area contributed by atoms with Crippen molar-refractivity contribution in [2.24, 2.45) is 0 Å². The number of nitrogens with zero attached hydrogens (tertiary/aromatic N) is 2. The zero-order valence-corrected chi connectivity index (χ0v) is 17.8. The molecule has 1 aliphatic heterocycles. The first-order valence-electron chi connectivity index (χ1n) is 9.42. The van der Waals surface area contributed by atoms with Crippen molar-refractivity contribution in [3.8, 4) is 0 Å². The van der Waals surface area contributed by atoms with Crippen LogP contribution in [-0.4, -0.2) is 40.7 Å². The lowest BCUT2D eigenvalue weighted by molar-refractivity contribution is -0.121. The fourth-order valence-corrected chi connectivity index (χ4v) is 3.71. The van der Waals surface area contributed by atoms with Crippen LogP contribution in [0.1, 0.15) is 19.4 Å². The van der Waals surface area contributed by atoms with E-state index in [-0.39, 0.29) is 41.2 Å². The van der Waals surface area contributed by atoms with Gasteiger partial charge in [0.1, 0.15) is 11.4 Å². The summed E-state index contributed by atoms with van der Waals surface area (Å²) in [6.45, 7) is 3.39. The van der Waals surface area contributed by atoms with Crippen molar-refractivity contribution in [1.82, 2.24) is 10.3 Å². The smallest absolute Gasteiger partial charge is 0.446 e. The second kappa shape index (κ2) is 9.07. The Morgan fingerprint density at radius 1 is 1.25 bits per heavy atom. The van der Waals surface area contributed by atoms with Gasteiger partial charge >= 0.3 is 17.6 Å². The lowest BCUT2D eigenvalue weighted by Gasteiger charge is -2.22. The van der Waals surface area contributed by atoms with Gasteiger partial charge in [-0.1, -0.05) is 0 Å². The van der Waals surface area contributed by atoms with E-state index in [0.717, 1.165) is 4.90 Å². The highest BCUT2D eigenvalue weighted by molar-refractivity contribution is 8.00. The minimum atomic E-state index is -4.44. The van der Waals surface area contributed by atoms with Crippen LogP contribution in [0.3, 0.4) is 0 Å². The molecule has 1 saturated heterocycles. The second-order valence-electron chi connectivity index (χ2n) is 7.02. The number of urea groups is 1. The zero-order valence-electron chi connectivity index (χ0n) is 17.0. The summed E-state index contributed by atoms with van der Waals surface area (Å²) >= 11 is -0.285. The molecule has 0 radical (unpaired) electrons. The van der Waals surface area contributed by atoms with E-state index in [1.807, 2.05) is 0 Å². The van der Waals surface area contributed by atoms with Gasteiger partial charge in [0, 0.05) is 17.5 Å². The number of rotatable bonds is 6. The average Bonchev–Trinajstić information content (AvgIpc) is 2.90. The minimum Gasteiger partial charge on any atom is -0.450 e. The van der Waals surface area contributed by atoms with Crippen LogP contribution in [0.25, 0.3) is 0 Å². The molecular formula is C20H19F3N4O4S. The number of hydrogen-bond acceptors (Lipinski definition) is 6. The molecule has 1 aliphatic rings. The van der Waals surface area contributed by atoms with E-state index in [2.05, 4.69) is 15.6 Å². The molecule has 2 aromatic rings. The Morgan fingerprint density at radius 2 is 1.94 bits per heavy atom. The van der Waals surface area contributed by atoms with Crippen molar-refractivity contribution in [3.63, 3.8) is 0 Å². The highest BCUT2D eigenvalue weighted by atomic mass is 32.2. The quantitative estimate of drug-likeness (QED) is 0.484. The summed E-state index contributed by atoms with van der Waals surface area (Å²) in [4.78, 5) is 42.0. The molecule has 0 spiro atoms. The molecule has 1 atom stereocenters. The van der Waals surface area contributed by atoms with Crippen LogP contribution in [0.4, 0.5) is 34.3 Å². The number of amides is 4. The van der Waals surface area contributed by atoms with E-state index in [1.54, 1.807) is 26.0 Å². The van der Waals surface area contributed by atoms with Crippen LogP contribution < -0.4 is 15.5 Å². The largest absolute Gasteiger partial charge is 0.450 e. The van der Waals surface area contributed by atoms with Crippen LogP contribution in [-0.2, 0) is 16.0 Å². The van der Waals surface area contributed by atoms with Gasteiger partial charge in [0.2, 0.25) is 0 Å². The predicted octanol–water partition coefficient (Wildman–Crippen LogP) is 4.32. The zero-order chi connectivity index (χ0) is 23.5. The van der Waals surface area contributed by atoms with Gasteiger partial charge < -0.3 is 10.1 Å².